The van der Waals surface area contributed by atoms with Crippen molar-refractivity contribution in [1.29, 1.82) is 0 Å². The van der Waals surface area contributed by atoms with Crippen LogP contribution in [-0.2, 0) is 0 Å². The molecule has 1 atom stereocenters. The highest BCUT2D eigenvalue weighted by molar-refractivity contribution is 5.95. The number of hydrogen-bond donors (Lipinski definition) is 0. The fourth-order valence-corrected chi connectivity index (χ4v) is 2.26. The second kappa shape index (κ2) is 6.26. The molecule has 0 saturated carbocycles. The van der Waals surface area contributed by atoms with Crippen LogP contribution < -0.4 is 4.74 Å². The van der Waals surface area contributed by atoms with Crippen LogP contribution in [0.25, 0.3) is 0 Å². The maximum absolute atomic E-state index is 12.5. The van der Waals surface area contributed by atoms with Crippen LogP contribution in [0.5, 0.6) is 5.75 Å². The fraction of sp³-hybridized carbons (Fsp3) is 0.111. The van der Waals surface area contributed by atoms with Crippen LogP contribution in [0.3, 0.4) is 0 Å². The lowest BCUT2D eigenvalue weighted by Gasteiger charge is -2.15. The van der Waals surface area contributed by atoms with E-state index in [4.69, 9.17) is 4.74 Å². The third-order valence-corrected chi connectivity index (χ3v) is 3.36. The molecule has 3 rings (SSSR count). The van der Waals surface area contributed by atoms with E-state index in [9.17, 15) is 4.79 Å². The summed E-state index contributed by atoms with van der Waals surface area (Å²) in [5.74, 6) is 0.596. The number of carbonyl (C=O) groups excluding carboxylic acids is 1. The number of ether oxygens (including phenoxy) is 1. The van der Waals surface area contributed by atoms with Gasteiger partial charge in [-0.1, -0.05) is 36.4 Å². The maximum atomic E-state index is 12.5. The normalized spacial score (nSPS) is 11.9. The average molecular weight is 292 g/mol. The molecule has 0 N–H and O–H groups in total. The van der Waals surface area contributed by atoms with Crippen LogP contribution in [0.4, 0.5) is 0 Å². The molecule has 0 spiro atoms. The van der Waals surface area contributed by atoms with E-state index in [-0.39, 0.29) is 12.0 Å². The minimum atomic E-state index is -0.280. The lowest BCUT2D eigenvalue weighted by molar-refractivity contribution is 0.0928. The molecule has 0 bridgehead atoms. The predicted octanol–water partition coefficient (Wildman–Crippen LogP) is 3.71. The maximum Gasteiger partial charge on any atom is 0.278 e. The van der Waals surface area contributed by atoms with Crippen LogP contribution in [0.2, 0.25) is 0 Å². The summed E-state index contributed by atoms with van der Waals surface area (Å²) in [4.78, 5) is 12.5. The number of rotatable bonds is 4. The molecule has 0 amide bonds. The van der Waals surface area contributed by atoms with Crippen molar-refractivity contribution in [2.24, 2.45) is 0 Å². The molecular weight excluding hydrogens is 276 g/mol. The van der Waals surface area contributed by atoms with Gasteiger partial charge in [0.25, 0.3) is 5.91 Å². The molecule has 2 aromatic carbocycles. The highest BCUT2D eigenvalue weighted by Gasteiger charge is 2.18. The Kier molecular flexibility index (Phi) is 4.01. The Morgan fingerprint density at radius 1 is 1.00 bits per heavy atom. The summed E-state index contributed by atoms with van der Waals surface area (Å²) in [6.07, 6.45) is 1.33. The van der Waals surface area contributed by atoms with E-state index in [0.717, 1.165) is 11.4 Å². The van der Waals surface area contributed by atoms with Gasteiger partial charge in [0.1, 0.15) is 11.9 Å². The van der Waals surface area contributed by atoms with E-state index < -0.39 is 0 Å². The van der Waals surface area contributed by atoms with Gasteiger partial charge in [-0.05, 0) is 37.3 Å². The number of benzene rings is 2. The van der Waals surface area contributed by atoms with Crippen molar-refractivity contribution >= 4 is 5.91 Å². The lowest BCUT2D eigenvalue weighted by atomic mass is 10.2. The zero-order valence-electron chi connectivity index (χ0n) is 12.2. The van der Waals surface area contributed by atoms with Crippen molar-refractivity contribution in [2.75, 3.05) is 0 Å². The molecular formula is C18H16N2O2. The van der Waals surface area contributed by atoms with Crippen LogP contribution in [-0.4, -0.2) is 15.7 Å². The summed E-state index contributed by atoms with van der Waals surface area (Å²) in [6, 6.07) is 20.4. The van der Waals surface area contributed by atoms with Crippen LogP contribution in [0, 0.1) is 0 Å². The van der Waals surface area contributed by atoms with Gasteiger partial charge in [-0.3, -0.25) is 4.79 Å². The van der Waals surface area contributed by atoms with Gasteiger partial charge in [-0.2, -0.15) is 9.78 Å². The zero-order chi connectivity index (χ0) is 15.4. The second-order valence-corrected chi connectivity index (χ2v) is 4.91. The van der Waals surface area contributed by atoms with Gasteiger partial charge < -0.3 is 4.74 Å². The van der Waals surface area contributed by atoms with Crippen molar-refractivity contribution in [1.82, 2.24) is 9.78 Å². The molecule has 22 heavy (non-hydrogen) atoms. The first-order valence-corrected chi connectivity index (χ1v) is 7.11. The Morgan fingerprint density at radius 2 is 1.64 bits per heavy atom. The van der Waals surface area contributed by atoms with Gasteiger partial charge in [-0.15, -0.1) is 0 Å². The largest absolute Gasteiger partial charge is 0.484 e. The molecule has 0 aliphatic carbocycles. The van der Waals surface area contributed by atoms with E-state index in [1.54, 1.807) is 24.4 Å². The lowest BCUT2D eigenvalue weighted by Crippen LogP contribution is -2.19. The van der Waals surface area contributed by atoms with E-state index in [1.165, 1.54) is 4.68 Å². The van der Waals surface area contributed by atoms with Crippen LogP contribution in [0.15, 0.2) is 72.9 Å². The summed E-state index contributed by atoms with van der Waals surface area (Å²) < 4.78 is 7.26. The van der Waals surface area contributed by atoms with Crippen molar-refractivity contribution in [3.8, 4) is 5.75 Å². The number of aromatic nitrogens is 2. The Balaban J connectivity index is 1.84. The first-order valence-electron chi connectivity index (χ1n) is 7.11. The van der Waals surface area contributed by atoms with Gasteiger partial charge in [0.2, 0.25) is 0 Å². The minimum Gasteiger partial charge on any atom is -0.484 e. The summed E-state index contributed by atoms with van der Waals surface area (Å²) in [5, 5.41) is 4.14. The summed E-state index contributed by atoms with van der Waals surface area (Å²) in [5.41, 5.74) is 1.32. The first kappa shape index (κ1) is 14.1. The van der Waals surface area contributed by atoms with Crippen molar-refractivity contribution in [3.63, 3.8) is 0 Å². The van der Waals surface area contributed by atoms with Gasteiger partial charge in [0.15, 0.2) is 0 Å². The number of carbonyl (C=O) groups is 1. The third-order valence-electron chi connectivity index (χ3n) is 3.36. The molecule has 3 aromatic rings. The molecule has 4 nitrogen and oxygen atoms in total. The van der Waals surface area contributed by atoms with Crippen LogP contribution in [0.1, 0.15) is 29.1 Å². The molecule has 4 heteroatoms. The molecule has 0 radical (unpaired) electrons. The van der Waals surface area contributed by atoms with Crippen molar-refractivity contribution in [3.05, 3.63) is 84.2 Å². The minimum absolute atomic E-state index is 0.163. The Hall–Kier alpha value is -2.88. The zero-order valence-corrected chi connectivity index (χ0v) is 12.2. The Morgan fingerprint density at radius 3 is 2.32 bits per heavy atom. The summed E-state index contributed by atoms with van der Waals surface area (Å²) in [6.45, 7) is 1.90. The second-order valence-electron chi connectivity index (χ2n) is 4.91. The van der Waals surface area contributed by atoms with Crippen LogP contribution >= 0.6 is 0 Å². The van der Waals surface area contributed by atoms with Gasteiger partial charge in [-0.25, -0.2) is 0 Å². The Labute approximate surface area is 129 Å². The van der Waals surface area contributed by atoms with E-state index in [2.05, 4.69) is 5.10 Å². The quantitative estimate of drug-likeness (QED) is 0.736. The van der Waals surface area contributed by atoms with Gasteiger partial charge in [0.05, 0.1) is 5.69 Å². The number of hydrogen-bond acceptors (Lipinski definition) is 3. The SMILES string of the molecule is C[C@H](Oc1ccccc1)c1ccnn1C(=O)c1ccccc1. The first-order chi connectivity index (χ1) is 10.8. The van der Waals surface area contributed by atoms with E-state index in [0.29, 0.717) is 5.56 Å². The van der Waals surface area contributed by atoms with Gasteiger partial charge in [0, 0.05) is 11.8 Å². The molecule has 0 fully saturated rings. The molecule has 0 aliphatic heterocycles. The molecule has 110 valence electrons. The monoisotopic (exact) mass is 292 g/mol. The summed E-state index contributed by atoms with van der Waals surface area (Å²) >= 11 is 0. The molecule has 1 heterocycles. The fourth-order valence-electron chi connectivity index (χ4n) is 2.26. The summed E-state index contributed by atoms with van der Waals surface area (Å²) in [7, 11) is 0. The number of nitrogens with zero attached hydrogens (tertiary/aromatic N) is 2. The van der Waals surface area contributed by atoms with E-state index >= 15 is 0 Å². The smallest absolute Gasteiger partial charge is 0.278 e. The van der Waals surface area contributed by atoms with Gasteiger partial charge >= 0.3 is 0 Å². The third kappa shape index (κ3) is 2.91. The van der Waals surface area contributed by atoms with Crippen molar-refractivity contribution < 1.29 is 9.53 Å². The van der Waals surface area contributed by atoms with Crippen molar-refractivity contribution in [2.45, 2.75) is 13.0 Å². The molecule has 0 saturated heterocycles. The predicted molar refractivity (Wildman–Crippen MR) is 83.9 cm³/mol. The topological polar surface area (TPSA) is 44.1 Å². The van der Waals surface area contributed by atoms with E-state index in [1.807, 2.05) is 55.5 Å². The molecule has 0 aliphatic rings. The molecule has 1 aromatic heterocycles. The molecule has 0 unspecified atom stereocenters. The average Bonchev–Trinajstić information content (AvgIpc) is 3.05. The Bertz CT molecular complexity index is 751. The standard InChI is InChI=1S/C18H16N2O2/c1-14(22-16-10-6-3-7-11-16)17-12-13-19-20(17)18(21)15-8-4-2-5-9-15/h2-14H,1H3/t14-/m0/s1. The highest BCUT2D eigenvalue weighted by Crippen LogP contribution is 2.21. The highest BCUT2D eigenvalue weighted by atomic mass is 16.5. The number of para-hydroxylation sites is 1.